The standard InChI is InChI=1S/C22H29NS/c1-3-5-7-9-17-11-13-19-21(15-17)24-22-16-18(10-8-6-4-2)12-14-20(22)23-19/h11-16,23H,3-10H2,1-2H3. The Balaban J connectivity index is 1.71. The normalized spacial score (nSPS) is 12.4. The van der Waals surface area contributed by atoms with Gasteiger partial charge >= 0.3 is 0 Å². The van der Waals surface area contributed by atoms with E-state index in [1.807, 2.05) is 11.8 Å². The van der Waals surface area contributed by atoms with Crippen molar-refractivity contribution in [3.8, 4) is 0 Å². The monoisotopic (exact) mass is 339 g/mol. The molecule has 0 aliphatic carbocycles. The van der Waals surface area contributed by atoms with Crippen molar-refractivity contribution in [2.24, 2.45) is 0 Å². The number of aryl methyl sites for hydroxylation is 2. The predicted molar refractivity (Wildman–Crippen MR) is 107 cm³/mol. The number of nitrogens with one attached hydrogen (secondary N) is 1. The maximum atomic E-state index is 3.61. The van der Waals surface area contributed by atoms with Gasteiger partial charge in [0.05, 0.1) is 11.4 Å². The van der Waals surface area contributed by atoms with Gasteiger partial charge in [0.15, 0.2) is 0 Å². The molecule has 1 nitrogen and oxygen atoms in total. The maximum Gasteiger partial charge on any atom is 0.0526 e. The Hall–Kier alpha value is -1.41. The van der Waals surface area contributed by atoms with Gasteiger partial charge in [-0.15, -0.1) is 0 Å². The third kappa shape index (κ3) is 4.36. The fraction of sp³-hybridized carbons (Fsp3) is 0.455. The summed E-state index contributed by atoms with van der Waals surface area (Å²) in [7, 11) is 0. The van der Waals surface area contributed by atoms with Crippen molar-refractivity contribution in [3.05, 3.63) is 47.5 Å². The Kier molecular flexibility index (Phi) is 6.25. The zero-order chi connectivity index (χ0) is 16.8. The molecule has 3 rings (SSSR count). The van der Waals surface area contributed by atoms with E-state index in [0.29, 0.717) is 0 Å². The second-order valence-electron chi connectivity index (χ2n) is 6.80. The first-order chi connectivity index (χ1) is 11.8. The average Bonchev–Trinajstić information content (AvgIpc) is 2.60. The minimum atomic E-state index is 1.20. The Morgan fingerprint density at radius 3 is 1.67 bits per heavy atom. The molecule has 2 aromatic carbocycles. The van der Waals surface area contributed by atoms with Crippen LogP contribution in [0.15, 0.2) is 46.2 Å². The Morgan fingerprint density at radius 2 is 1.21 bits per heavy atom. The number of rotatable bonds is 8. The van der Waals surface area contributed by atoms with Crippen molar-refractivity contribution in [2.45, 2.75) is 75.0 Å². The first-order valence-electron chi connectivity index (χ1n) is 9.51. The van der Waals surface area contributed by atoms with Gasteiger partial charge < -0.3 is 5.32 Å². The Bertz CT molecular complexity index is 620. The van der Waals surface area contributed by atoms with Crippen LogP contribution >= 0.6 is 11.8 Å². The van der Waals surface area contributed by atoms with Crippen molar-refractivity contribution in [1.29, 1.82) is 0 Å². The molecule has 1 N–H and O–H groups in total. The highest BCUT2D eigenvalue weighted by molar-refractivity contribution is 7.99. The second-order valence-corrected chi connectivity index (χ2v) is 7.89. The van der Waals surface area contributed by atoms with Crippen LogP contribution in [0.3, 0.4) is 0 Å². The van der Waals surface area contributed by atoms with Crippen LogP contribution in [0.5, 0.6) is 0 Å². The van der Waals surface area contributed by atoms with Crippen molar-refractivity contribution in [2.75, 3.05) is 5.32 Å². The molecule has 2 aromatic rings. The molecule has 128 valence electrons. The lowest BCUT2D eigenvalue weighted by Crippen LogP contribution is -2.01. The quantitative estimate of drug-likeness (QED) is 0.430. The summed E-state index contributed by atoms with van der Waals surface area (Å²) in [6, 6.07) is 13.8. The summed E-state index contributed by atoms with van der Waals surface area (Å²) in [6.07, 6.45) is 10.2. The summed E-state index contributed by atoms with van der Waals surface area (Å²) in [6.45, 7) is 4.53. The van der Waals surface area contributed by atoms with Gasteiger partial charge in [-0.25, -0.2) is 0 Å². The molecule has 0 fully saturated rings. The predicted octanol–water partition coefficient (Wildman–Crippen LogP) is 7.36. The number of anilines is 2. The molecule has 0 spiro atoms. The van der Waals surface area contributed by atoms with Crippen molar-refractivity contribution in [3.63, 3.8) is 0 Å². The maximum absolute atomic E-state index is 3.61. The van der Waals surface area contributed by atoms with Gasteiger partial charge in [-0.1, -0.05) is 63.4 Å². The van der Waals surface area contributed by atoms with Crippen molar-refractivity contribution >= 4 is 23.1 Å². The first kappa shape index (κ1) is 17.4. The Labute approximate surface area is 151 Å². The topological polar surface area (TPSA) is 12.0 Å². The lowest BCUT2D eigenvalue weighted by molar-refractivity contribution is 0.716. The second kappa shape index (κ2) is 8.62. The van der Waals surface area contributed by atoms with Gasteiger partial charge in [0.25, 0.3) is 0 Å². The summed E-state index contributed by atoms with van der Waals surface area (Å²) in [5.41, 5.74) is 5.45. The van der Waals surface area contributed by atoms with Crippen LogP contribution in [0.2, 0.25) is 0 Å². The molecule has 0 saturated heterocycles. The molecule has 0 bridgehead atoms. The van der Waals surface area contributed by atoms with E-state index in [-0.39, 0.29) is 0 Å². The van der Waals surface area contributed by atoms with Crippen LogP contribution < -0.4 is 5.32 Å². The lowest BCUT2D eigenvalue weighted by Gasteiger charge is -2.22. The highest BCUT2D eigenvalue weighted by Crippen LogP contribution is 2.45. The van der Waals surface area contributed by atoms with Crippen LogP contribution in [0.1, 0.15) is 63.5 Å². The van der Waals surface area contributed by atoms with Crippen molar-refractivity contribution in [1.82, 2.24) is 0 Å². The fourth-order valence-corrected chi connectivity index (χ4v) is 4.36. The van der Waals surface area contributed by atoms with Crippen LogP contribution in [0, 0.1) is 0 Å². The minimum absolute atomic E-state index is 1.20. The van der Waals surface area contributed by atoms with E-state index in [4.69, 9.17) is 0 Å². The van der Waals surface area contributed by atoms with E-state index in [1.54, 1.807) is 0 Å². The van der Waals surface area contributed by atoms with Crippen LogP contribution in [-0.2, 0) is 12.8 Å². The van der Waals surface area contributed by atoms with Gasteiger partial charge in [-0.2, -0.15) is 0 Å². The summed E-state index contributed by atoms with van der Waals surface area (Å²) in [5, 5.41) is 3.61. The largest absolute Gasteiger partial charge is 0.354 e. The molecule has 0 amide bonds. The highest BCUT2D eigenvalue weighted by Gasteiger charge is 2.16. The summed E-state index contributed by atoms with van der Waals surface area (Å²) < 4.78 is 0. The molecule has 0 unspecified atom stereocenters. The molecular weight excluding hydrogens is 310 g/mol. The molecule has 1 aliphatic rings. The Morgan fingerprint density at radius 1 is 0.708 bits per heavy atom. The van der Waals surface area contributed by atoms with Gasteiger partial charge in [0.1, 0.15) is 0 Å². The number of benzene rings is 2. The molecule has 1 aliphatic heterocycles. The van der Waals surface area contributed by atoms with Gasteiger partial charge in [-0.3, -0.25) is 0 Å². The van der Waals surface area contributed by atoms with Gasteiger partial charge in [0.2, 0.25) is 0 Å². The zero-order valence-electron chi connectivity index (χ0n) is 15.0. The van der Waals surface area contributed by atoms with Crippen molar-refractivity contribution < 1.29 is 0 Å². The lowest BCUT2D eigenvalue weighted by atomic mass is 10.1. The summed E-state index contributed by atoms with van der Waals surface area (Å²) in [4.78, 5) is 2.75. The van der Waals surface area contributed by atoms with Crippen LogP contribution in [0.4, 0.5) is 11.4 Å². The number of fused-ring (bicyclic) bond motifs is 2. The third-order valence-electron chi connectivity index (χ3n) is 4.72. The molecule has 24 heavy (non-hydrogen) atoms. The van der Waals surface area contributed by atoms with E-state index in [2.05, 4.69) is 55.6 Å². The summed E-state index contributed by atoms with van der Waals surface area (Å²) in [5.74, 6) is 0. The SMILES string of the molecule is CCCCCc1ccc2c(c1)Sc1cc(CCCCC)ccc1N2. The smallest absolute Gasteiger partial charge is 0.0526 e. The number of unbranched alkanes of at least 4 members (excludes halogenated alkanes) is 4. The van der Waals surface area contributed by atoms with Crippen LogP contribution in [-0.4, -0.2) is 0 Å². The van der Waals surface area contributed by atoms with E-state index in [9.17, 15) is 0 Å². The van der Waals surface area contributed by atoms with Crippen LogP contribution in [0.25, 0.3) is 0 Å². The molecule has 2 heteroatoms. The van der Waals surface area contributed by atoms with Gasteiger partial charge in [0, 0.05) is 9.79 Å². The van der Waals surface area contributed by atoms with Gasteiger partial charge in [-0.05, 0) is 61.1 Å². The van der Waals surface area contributed by atoms with E-state index < -0.39 is 0 Å². The minimum Gasteiger partial charge on any atom is -0.354 e. The molecule has 0 radical (unpaired) electrons. The number of hydrogen-bond acceptors (Lipinski definition) is 2. The number of hydrogen-bond donors (Lipinski definition) is 1. The fourth-order valence-electron chi connectivity index (χ4n) is 3.24. The van der Waals surface area contributed by atoms with E-state index >= 15 is 0 Å². The molecule has 0 saturated carbocycles. The molecular formula is C22H29NS. The molecule has 0 aromatic heterocycles. The summed E-state index contributed by atoms with van der Waals surface area (Å²) >= 11 is 1.93. The van der Waals surface area contributed by atoms with E-state index in [0.717, 1.165) is 0 Å². The van der Waals surface area contributed by atoms with E-state index in [1.165, 1.54) is 83.7 Å². The first-order valence-corrected chi connectivity index (χ1v) is 10.3. The third-order valence-corrected chi connectivity index (χ3v) is 5.83. The molecule has 0 atom stereocenters. The highest BCUT2D eigenvalue weighted by atomic mass is 32.2. The zero-order valence-corrected chi connectivity index (χ0v) is 15.8. The molecule has 1 heterocycles. The average molecular weight is 340 g/mol.